The average molecular weight is 242 g/mol. The molecule has 1 N–H and O–H groups in total. The summed E-state index contributed by atoms with van der Waals surface area (Å²) in [7, 11) is 0. The number of benzene rings is 1. The number of nitrogens with one attached hydrogen (secondary N) is 1. The van der Waals surface area contributed by atoms with Gasteiger partial charge in [0.25, 0.3) is 0 Å². The second-order valence-corrected chi connectivity index (χ2v) is 5.36. The molecule has 1 aliphatic rings. The number of anilines is 1. The van der Waals surface area contributed by atoms with Crippen LogP contribution in [0.1, 0.15) is 50.2 Å². The van der Waals surface area contributed by atoms with E-state index in [1.807, 2.05) is 13.0 Å². The molecule has 1 saturated carbocycles. The van der Waals surface area contributed by atoms with E-state index in [4.69, 9.17) is 0 Å². The number of nitriles is 1. The summed E-state index contributed by atoms with van der Waals surface area (Å²) in [4.78, 5) is 0. The number of hydrogen-bond acceptors (Lipinski definition) is 2. The van der Waals surface area contributed by atoms with Crippen LogP contribution in [0.4, 0.5) is 5.69 Å². The molecule has 2 rings (SSSR count). The summed E-state index contributed by atoms with van der Waals surface area (Å²) < 4.78 is 0. The predicted octanol–water partition coefficient (Wildman–Crippen LogP) is 4.25. The quantitative estimate of drug-likeness (QED) is 0.860. The van der Waals surface area contributed by atoms with Crippen molar-refractivity contribution in [2.24, 2.45) is 5.92 Å². The molecule has 0 radical (unpaired) electrons. The number of nitrogens with zero attached hydrogens (tertiary/aromatic N) is 1. The Kier molecular flexibility index (Phi) is 4.25. The molecule has 1 aromatic carbocycles. The van der Waals surface area contributed by atoms with E-state index in [0.29, 0.717) is 6.04 Å². The molecular weight excluding hydrogens is 220 g/mol. The third-order valence-electron chi connectivity index (χ3n) is 4.07. The van der Waals surface area contributed by atoms with E-state index in [9.17, 15) is 5.26 Å². The zero-order chi connectivity index (χ0) is 13.0. The Balaban J connectivity index is 2.15. The molecule has 0 heterocycles. The van der Waals surface area contributed by atoms with E-state index in [-0.39, 0.29) is 0 Å². The molecule has 1 aromatic rings. The van der Waals surface area contributed by atoms with E-state index in [1.165, 1.54) is 32.1 Å². The van der Waals surface area contributed by atoms with Gasteiger partial charge in [-0.05, 0) is 43.4 Å². The van der Waals surface area contributed by atoms with Crippen LogP contribution in [-0.2, 0) is 0 Å². The van der Waals surface area contributed by atoms with Crippen molar-refractivity contribution in [2.45, 2.75) is 52.0 Å². The first-order chi connectivity index (χ1) is 8.74. The smallest absolute Gasteiger partial charge is 0.101 e. The second-order valence-electron chi connectivity index (χ2n) is 5.36. The largest absolute Gasteiger partial charge is 0.381 e. The van der Waals surface area contributed by atoms with Crippen molar-refractivity contribution in [3.8, 4) is 6.07 Å². The van der Waals surface area contributed by atoms with Crippen molar-refractivity contribution in [2.75, 3.05) is 5.32 Å². The maximum absolute atomic E-state index is 9.21. The molecule has 1 aliphatic carbocycles. The maximum atomic E-state index is 9.21. The Morgan fingerprint density at radius 1 is 1.33 bits per heavy atom. The summed E-state index contributed by atoms with van der Waals surface area (Å²) in [5, 5.41) is 12.8. The van der Waals surface area contributed by atoms with Gasteiger partial charge in [-0.15, -0.1) is 0 Å². The van der Waals surface area contributed by atoms with Crippen molar-refractivity contribution in [3.05, 3.63) is 29.3 Å². The molecule has 0 spiro atoms. The lowest BCUT2D eigenvalue weighted by atomic mass is 9.82. The molecule has 96 valence electrons. The fraction of sp³-hybridized carbons (Fsp3) is 0.562. The van der Waals surface area contributed by atoms with Gasteiger partial charge in [0.2, 0.25) is 0 Å². The van der Waals surface area contributed by atoms with Crippen LogP contribution in [0.3, 0.4) is 0 Å². The molecule has 18 heavy (non-hydrogen) atoms. The van der Waals surface area contributed by atoms with Crippen molar-refractivity contribution in [1.82, 2.24) is 0 Å². The molecule has 0 aliphatic heterocycles. The Hall–Kier alpha value is -1.49. The van der Waals surface area contributed by atoms with Crippen molar-refractivity contribution < 1.29 is 0 Å². The zero-order valence-corrected chi connectivity index (χ0v) is 11.4. The first-order valence-corrected chi connectivity index (χ1v) is 7.02. The minimum atomic E-state index is 0.540. The van der Waals surface area contributed by atoms with Crippen molar-refractivity contribution in [3.63, 3.8) is 0 Å². The molecule has 2 heteroatoms. The lowest BCUT2D eigenvalue weighted by molar-refractivity contribution is 0.317. The molecule has 2 unspecified atom stereocenters. The Bertz CT molecular complexity index is 445. The van der Waals surface area contributed by atoms with E-state index in [2.05, 4.69) is 30.4 Å². The normalized spacial score (nSPS) is 23.4. The summed E-state index contributed by atoms with van der Waals surface area (Å²) in [6.07, 6.45) is 6.45. The van der Waals surface area contributed by atoms with E-state index >= 15 is 0 Å². The van der Waals surface area contributed by atoms with E-state index in [1.54, 1.807) is 0 Å². The molecule has 0 aromatic heterocycles. The van der Waals surface area contributed by atoms with Crippen LogP contribution >= 0.6 is 0 Å². The van der Waals surface area contributed by atoms with Crippen LogP contribution in [-0.4, -0.2) is 6.04 Å². The van der Waals surface area contributed by atoms with Crippen LogP contribution in [0.5, 0.6) is 0 Å². The molecule has 2 nitrogen and oxygen atoms in total. The molecular formula is C16H22N2. The van der Waals surface area contributed by atoms with Gasteiger partial charge in [0.15, 0.2) is 0 Å². The second kappa shape index (κ2) is 5.91. The predicted molar refractivity (Wildman–Crippen MR) is 75.6 cm³/mol. The average Bonchev–Trinajstić information content (AvgIpc) is 2.41. The van der Waals surface area contributed by atoms with Crippen molar-refractivity contribution >= 4 is 5.69 Å². The number of rotatable bonds is 3. The van der Waals surface area contributed by atoms with Crippen LogP contribution < -0.4 is 5.32 Å². The van der Waals surface area contributed by atoms with Crippen molar-refractivity contribution in [1.29, 1.82) is 5.26 Å². The minimum Gasteiger partial charge on any atom is -0.381 e. The van der Waals surface area contributed by atoms with Gasteiger partial charge in [-0.25, -0.2) is 0 Å². The molecule has 0 amide bonds. The van der Waals surface area contributed by atoms with Gasteiger partial charge >= 0.3 is 0 Å². The topological polar surface area (TPSA) is 35.8 Å². The lowest BCUT2D eigenvalue weighted by Gasteiger charge is -2.32. The van der Waals surface area contributed by atoms with Gasteiger partial charge in [0.1, 0.15) is 6.07 Å². The van der Waals surface area contributed by atoms with Gasteiger partial charge in [-0.2, -0.15) is 5.26 Å². The third-order valence-corrected chi connectivity index (χ3v) is 4.07. The lowest BCUT2D eigenvalue weighted by Crippen LogP contribution is -2.32. The van der Waals surface area contributed by atoms with E-state index < -0.39 is 0 Å². The van der Waals surface area contributed by atoms with Crippen LogP contribution in [0.2, 0.25) is 0 Å². The monoisotopic (exact) mass is 242 g/mol. The van der Waals surface area contributed by atoms with E-state index in [0.717, 1.165) is 22.7 Å². The summed E-state index contributed by atoms with van der Waals surface area (Å²) >= 11 is 0. The highest BCUT2D eigenvalue weighted by Crippen LogP contribution is 2.30. The number of hydrogen-bond donors (Lipinski definition) is 1. The minimum absolute atomic E-state index is 0.540. The first kappa shape index (κ1) is 13.0. The Morgan fingerprint density at radius 3 is 2.83 bits per heavy atom. The summed E-state index contributed by atoms with van der Waals surface area (Å²) in [5.41, 5.74) is 2.93. The highest BCUT2D eigenvalue weighted by Gasteiger charge is 2.23. The summed E-state index contributed by atoms with van der Waals surface area (Å²) in [6.45, 7) is 4.30. The van der Waals surface area contributed by atoms with Crippen LogP contribution in [0, 0.1) is 24.2 Å². The third kappa shape index (κ3) is 2.85. The summed E-state index contributed by atoms with van der Waals surface area (Å²) in [5.74, 6) is 0.756. The zero-order valence-electron chi connectivity index (χ0n) is 11.4. The molecule has 0 bridgehead atoms. The first-order valence-electron chi connectivity index (χ1n) is 7.02. The fourth-order valence-corrected chi connectivity index (χ4v) is 2.96. The van der Waals surface area contributed by atoms with Gasteiger partial charge in [-0.1, -0.05) is 32.3 Å². The SMILES string of the molecule is CCC1CCCCC1Nc1ccc(C)cc1C#N. The highest BCUT2D eigenvalue weighted by atomic mass is 14.9. The maximum Gasteiger partial charge on any atom is 0.101 e. The van der Waals surface area contributed by atoms with Gasteiger partial charge < -0.3 is 5.32 Å². The van der Waals surface area contributed by atoms with Gasteiger partial charge in [0, 0.05) is 6.04 Å². The molecule has 2 atom stereocenters. The van der Waals surface area contributed by atoms with Crippen LogP contribution in [0.25, 0.3) is 0 Å². The molecule has 0 saturated heterocycles. The molecule has 1 fully saturated rings. The number of aryl methyl sites for hydroxylation is 1. The summed E-state index contributed by atoms with van der Waals surface area (Å²) in [6, 6.07) is 8.93. The van der Waals surface area contributed by atoms with Gasteiger partial charge in [0.05, 0.1) is 11.3 Å². The van der Waals surface area contributed by atoms with Crippen LogP contribution in [0.15, 0.2) is 18.2 Å². The Labute approximate surface area is 110 Å². The van der Waals surface area contributed by atoms with Gasteiger partial charge in [-0.3, -0.25) is 0 Å². The Morgan fingerprint density at radius 2 is 2.11 bits per heavy atom. The fourth-order valence-electron chi connectivity index (χ4n) is 2.96. The standard InChI is InChI=1S/C16H22N2/c1-3-13-6-4-5-7-15(13)18-16-9-8-12(2)10-14(16)11-17/h8-10,13,15,18H,3-7H2,1-2H3. The highest BCUT2D eigenvalue weighted by molar-refractivity contribution is 5.59.